The maximum atomic E-state index is 12.4. The number of nitrogens with one attached hydrogen (secondary N) is 1. The fourth-order valence-corrected chi connectivity index (χ4v) is 2.34. The van der Waals surface area contributed by atoms with E-state index >= 15 is 0 Å². The predicted molar refractivity (Wildman–Crippen MR) is 72.7 cm³/mol. The fourth-order valence-electron chi connectivity index (χ4n) is 2.34. The van der Waals surface area contributed by atoms with Crippen LogP contribution in [0.4, 0.5) is 13.2 Å². The van der Waals surface area contributed by atoms with Gasteiger partial charge in [0.1, 0.15) is 0 Å². The van der Waals surface area contributed by atoms with Gasteiger partial charge in [0.15, 0.2) is 5.69 Å². The lowest BCUT2D eigenvalue weighted by Crippen LogP contribution is -2.46. The molecule has 1 unspecified atom stereocenters. The molecule has 1 aromatic rings. The Morgan fingerprint density at radius 2 is 2.10 bits per heavy atom. The van der Waals surface area contributed by atoms with Gasteiger partial charge in [-0.3, -0.25) is 4.68 Å². The Kier molecular flexibility index (Phi) is 4.93. The number of hydrogen-bond acceptors (Lipinski definition) is 3. The third kappa shape index (κ3) is 5.00. The van der Waals surface area contributed by atoms with Crippen molar-refractivity contribution < 1.29 is 18.3 Å². The number of unbranched alkanes of at least 4 members (excludes halogenated alkanes) is 1. The number of halogens is 3. The molecule has 0 saturated heterocycles. The fraction of sp³-hybridized carbons (Fsp3) is 0.786. The van der Waals surface area contributed by atoms with Crippen molar-refractivity contribution in [2.24, 2.45) is 0 Å². The molecule has 1 saturated carbocycles. The summed E-state index contributed by atoms with van der Waals surface area (Å²) >= 11 is 0. The van der Waals surface area contributed by atoms with E-state index in [0.717, 1.165) is 38.2 Å². The third-order valence-electron chi connectivity index (χ3n) is 3.78. The number of hydrogen-bond donors (Lipinski definition) is 2. The van der Waals surface area contributed by atoms with E-state index in [2.05, 4.69) is 10.4 Å². The summed E-state index contributed by atoms with van der Waals surface area (Å²) in [5.41, 5.74) is -1.14. The molecule has 0 amide bonds. The Morgan fingerprint density at radius 3 is 2.62 bits per heavy atom. The molecule has 0 bridgehead atoms. The van der Waals surface area contributed by atoms with Gasteiger partial charge in [-0.2, -0.15) is 18.3 Å². The van der Waals surface area contributed by atoms with Gasteiger partial charge in [-0.15, -0.1) is 0 Å². The van der Waals surface area contributed by atoms with Gasteiger partial charge < -0.3 is 10.4 Å². The molecule has 1 atom stereocenters. The van der Waals surface area contributed by atoms with Crippen LogP contribution in [0.25, 0.3) is 0 Å². The van der Waals surface area contributed by atoms with Crippen LogP contribution >= 0.6 is 0 Å². The molecular formula is C14H22F3N3O. The lowest BCUT2D eigenvalue weighted by Gasteiger charge is -2.29. The first-order chi connectivity index (χ1) is 9.82. The summed E-state index contributed by atoms with van der Waals surface area (Å²) < 4.78 is 38.5. The highest BCUT2D eigenvalue weighted by atomic mass is 19.4. The van der Waals surface area contributed by atoms with Crippen LogP contribution in [-0.2, 0) is 12.7 Å². The molecule has 2 N–H and O–H groups in total. The highest BCUT2D eigenvalue weighted by Gasteiger charge is 2.33. The molecule has 1 aromatic heterocycles. The van der Waals surface area contributed by atoms with E-state index in [4.69, 9.17) is 0 Å². The minimum atomic E-state index is -4.38. The molecule has 0 aliphatic heterocycles. The van der Waals surface area contributed by atoms with Crippen molar-refractivity contribution in [2.45, 2.75) is 63.3 Å². The summed E-state index contributed by atoms with van der Waals surface area (Å²) in [7, 11) is 0. The number of aromatic nitrogens is 2. The molecule has 7 heteroatoms. The lowest BCUT2D eigenvalue weighted by atomic mass is 9.95. The van der Waals surface area contributed by atoms with E-state index in [-0.39, 0.29) is 12.1 Å². The molecule has 120 valence electrons. The lowest BCUT2D eigenvalue weighted by molar-refractivity contribution is -0.141. The Bertz CT molecular complexity index is 457. The second kappa shape index (κ2) is 6.36. The minimum Gasteiger partial charge on any atom is -0.394 e. The zero-order valence-electron chi connectivity index (χ0n) is 12.2. The summed E-state index contributed by atoms with van der Waals surface area (Å²) in [4.78, 5) is 0. The van der Waals surface area contributed by atoms with E-state index < -0.39 is 11.9 Å². The first-order valence-electron chi connectivity index (χ1n) is 7.32. The summed E-state index contributed by atoms with van der Waals surface area (Å²) in [6.45, 7) is 2.52. The monoisotopic (exact) mass is 305 g/mol. The molecule has 1 aliphatic rings. The number of aryl methyl sites for hydroxylation is 1. The van der Waals surface area contributed by atoms with E-state index in [1.165, 1.54) is 10.9 Å². The van der Waals surface area contributed by atoms with Crippen molar-refractivity contribution in [1.82, 2.24) is 15.1 Å². The number of nitrogens with zero attached hydrogens (tertiary/aromatic N) is 2. The molecular weight excluding hydrogens is 283 g/mol. The number of rotatable bonds is 8. The topological polar surface area (TPSA) is 50.1 Å². The molecule has 0 aromatic carbocycles. The van der Waals surface area contributed by atoms with Gasteiger partial charge in [-0.05, 0) is 45.1 Å². The summed E-state index contributed by atoms with van der Waals surface area (Å²) in [6, 6.07) is 1.51. The third-order valence-corrected chi connectivity index (χ3v) is 3.78. The number of alkyl halides is 3. The van der Waals surface area contributed by atoms with Crippen molar-refractivity contribution >= 4 is 0 Å². The predicted octanol–water partition coefficient (Wildman–Crippen LogP) is 2.58. The van der Waals surface area contributed by atoms with Crippen molar-refractivity contribution in [3.8, 4) is 0 Å². The van der Waals surface area contributed by atoms with Crippen LogP contribution in [0, 0.1) is 0 Å². The van der Waals surface area contributed by atoms with Gasteiger partial charge in [0.05, 0.1) is 6.61 Å². The van der Waals surface area contributed by atoms with Crippen LogP contribution in [0.15, 0.2) is 12.3 Å². The first kappa shape index (κ1) is 16.3. The minimum absolute atomic E-state index is 0.0729. The number of aliphatic hydroxyl groups is 1. The largest absolute Gasteiger partial charge is 0.435 e. The molecule has 1 fully saturated rings. The maximum absolute atomic E-state index is 12.4. The van der Waals surface area contributed by atoms with Gasteiger partial charge in [-0.1, -0.05) is 0 Å². The standard InChI is InChI=1S/C14H22F3N3O/c1-13(10-21,18-11-4-5-11)7-2-3-8-20-9-6-12(19-20)14(15,16)17/h6,9,11,18,21H,2-5,7-8,10H2,1H3. The van der Waals surface area contributed by atoms with Gasteiger partial charge in [-0.25, -0.2) is 0 Å². The van der Waals surface area contributed by atoms with Crippen molar-refractivity contribution in [3.05, 3.63) is 18.0 Å². The Morgan fingerprint density at radius 1 is 1.38 bits per heavy atom. The smallest absolute Gasteiger partial charge is 0.394 e. The van der Waals surface area contributed by atoms with Crippen molar-refractivity contribution in [1.29, 1.82) is 0 Å². The van der Waals surface area contributed by atoms with Gasteiger partial charge in [0, 0.05) is 24.3 Å². The average molecular weight is 305 g/mol. The molecule has 1 aliphatic carbocycles. The zero-order valence-corrected chi connectivity index (χ0v) is 12.2. The van der Waals surface area contributed by atoms with Crippen LogP contribution in [0.5, 0.6) is 0 Å². The molecule has 0 spiro atoms. The van der Waals surface area contributed by atoms with E-state index in [0.29, 0.717) is 12.6 Å². The first-order valence-corrected chi connectivity index (χ1v) is 7.32. The zero-order chi connectivity index (χ0) is 15.5. The summed E-state index contributed by atoms with van der Waals surface area (Å²) in [5.74, 6) is 0. The molecule has 1 heterocycles. The second-order valence-electron chi connectivity index (χ2n) is 6.06. The Labute approximate surface area is 122 Å². The molecule has 4 nitrogen and oxygen atoms in total. The highest BCUT2D eigenvalue weighted by Crippen LogP contribution is 2.27. The maximum Gasteiger partial charge on any atom is 0.435 e. The van der Waals surface area contributed by atoms with Gasteiger partial charge >= 0.3 is 6.18 Å². The van der Waals surface area contributed by atoms with Crippen LogP contribution in [0.1, 0.15) is 44.7 Å². The van der Waals surface area contributed by atoms with Gasteiger partial charge in [0.25, 0.3) is 0 Å². The molecule has 21 heavy (non-hydrogen) atoms. The Balaban J connectivity index is 1.72. The quantitative estimate of drug-likeness (QED) is 0.726. The number of aliphatic hydroxyl groups excluding tert-OH is 1. The SMILES string of the molecule is CC(CO)(CCCCn1ccc(C(F)(F)F)n1)NC1CC1. The Hall–Kier alpha value is -1.08. The summed E-state index contributed by atoms with van der Waals surface area (Å²) in [5, 5.41) is 16.4. The average Bonchev–Trinajstić information content (AvgIpc) is 3.07. The van der Waals surface area contributed by atoms with Crippen LogP contribution < -0.4 is 5.32 Å². The molecule has 0 radical (unpaired) electrons. The van der Waals surface area contributed by atoms with Crippen molar-refractivity contribution in [2.75, 3.05) is 6.61 Å². The van der Waals surface area contributed by atoms with Gasteiger partial charge in [0.2, 0.25) is 0 Å². The van der Waals surface area contributed by atoms with E-state index in [1.807, 2.05) is 6.92 Å². The molecule has 2 rings (SSSR count). The van der Waals surface area contributed by atoms with Crippen molar-refractivity contribution in [3.63, 3.8) is 0 Å². The van der Waals surface area contributed by atoms with Crippen LogP contribution in [0.2, 0.25) is 0 Å². The van der Waals surface area contributed by atoms with E-state index in [1.54, 1.807) is 0 Å². The summed E-state index contributed by atoms with van der Waals surface area (Å²) in [6.07, 6.45) is 1.66. The van der Waals surface area contributed by atoms with E-state index in [9.17, 15) is 18.3 Å². The normalized spacial score (nSPS) is 18.7. The second-order valence-corrected chi connectivity index (χ2v) is 6.06. The van der Waals surface area contributed by atoms with Crippen LogP contribution in [-0.4, -0.2) is 33.1 Å². The van der Waals surface area contributed by atoms with Crippen LogP contribution in [0.3, 0.4) is 0 Å². The highest BCUT2D eigenvalue weighted by molar-refractivity contribution is 5.03.